The molecule has 0 bridgehead atoms. The van der Waals surface area contributed by atoms with Gasteiger partial charge in [0.15, 0.2) is 0 Å². The van der Waals surface area contributed by atoms with Gasteiger partial charge in [-0.05, 0) is 30.7 Å². The molecule has 0 aliphatic carbocycles. The Morgan fingerprint density at radius 2 is 1.95 bits per heavy atom. The van der Waals surface area contributed by atoms with Crippen LogP contribution in [0.2, 0.25) is 0 Å². The Labute approximate surface area is 131 Å². The molecule has 110 valence electrons. The van der Waals surface area contributed by atoms with Gasteiger partial charge in [0.05, 0.1) is 11.6 Å². The van der Waals surface area contributed by atoms with Crippen molar-refractivity contribution < 1.29 is 4.79 Å². The standard InChI is InChI=1S/C19H18N2O/c1-2-21(13-7-11-16-8-4-3-5-9-16)19(22)18-12-6-10-17(14-18)15-20/h3-12,14H,2,13H2,1H3/b11-7+. The van der Waals surface area contributed by atoms with Crippen molar-refractivity contribution in [3.63, 3.8) is 0 Å². The SMILES string of the molecule is CCN(C/C=C/c1ccccc1)C(=O)c1cccc(C#N)c1. The molecular formula is C19H18N2O. The summed E-state index contributed by atoms with van der Waals surface area (Å²) < 4.78 is 0. The number of rotatable bonds is 5. The normalized spacial score (nSPS) is 10.4. The van der Waals surface area contributed by atoms with Crippen molar-refractivity contribution in [2.24, 2.45) is 0 Å². The van der Waals surface area contributed by atoms with Crippen molar-refractivity contribution in [3.8, 4) is 6.07 Å². The van der Waals surface area contributed by atoms with Crippen LogP contribution in [-0.2, 0) is 0 Å². The van der Waals surface area contributed by atoms with Crippen molar-refractivity contribution in [3.05, 3.63) is 77.4 Å². The highest BCUT2D eigenvalue weighted by molar-refractivity contribution is 5.94. The van der Waals surface area contributed by atoms with Crippen LogP contribution < -0.4 is 0 Å². The Morgan fingerprint density at radius 3 is 2.64 bits per heavy atom. The van der Waals surface area contributed by atoms with Crippen molar-refractivity contribution in [1.29, 1.82) is 5.26 Å². The van der Waals surface area contributed by atoms with E-state index in [0.717, 1.165) is 5.56 Å². The minimum Gasteiger partial charge on any atom is -0.335 e. The van der Waals surface area contributed by atoms with Crippen LogP contribution in [0.4, 0.5) is 0 Å². The number of amides is 1. The summed E-state index contributed by atoms with van der Waals surface area (Å²) in [5.41, 5.74) is 2.16. The molecule has 2 aromatic carbocycles. The van der Waals surface area contributed by atoms with Gasteiger partial charge in [0.1, 0.15) is 0 Å². The average Bonchev–Trinajstić information content (AvgIpc) is 2.59. The summed E-state index contributed by atoms with van der Waals surface area (Å²) in [6, 6.07) is 18.8. The Hall–Kier alpha value is -2.86. The first-order chi connectivity index (χ1) is 10.7. The maximum Gasteiger partial charge on any atom is 0.254 e. The highest BCUT2D eigenvalue weighted by Crippen LogP contribution is 2.09. The number of benzene rings is 2. The fourth-order valence-corrected chi connectivity index (χ4v) is 2.14. The summed E-state index contributed by atoms with van der Waals surface area (Å²) in [4.78, 5) is 14.2. The summed E-state index contributed by atoms with van der Waals surface area (Å²) in [6.07, 6.45) is 3.98. The third kappa shape index (κ3) is 4.07. The van der Waals surface area contributed by atoms with Gasteiger partial charge in [0.25, 0.3) is 5.91 Å². The fraction of sp³-hybridized carbons (Fsp3) is 0.158. The average molecular weight is 290 g/mol. The van der Waals surface area contributed by atoms with Crippen molar-refractivity contribution >= 4 is 12.0 Å². The van der Waals surface area contributed by atoms with E-state index in [4.69, 9.17) is 5.26 Å². The maximum absolute atomic E-state index is 12.5. The molecular weight excluding hydrogens is 272 g/mol. The Balaban J connectivity index is 2.06. The van der Waals surface area contributed by atoms with Crippen molar-refractivity contribution in [1.82, 2.24) is 4.90 Å². The molecule has 0 aromatic heterocycles. The Morgan fingerprint density at radius 1 is 1.18 bits per heavy atom. The van der Waals surface area contributed by atoms with Crippen LogP contribution in [0.15, 0.2) is 60.7 Å². The number of likely N-dealkylation sites (N-methyl/N-ethyl adjacent to an activating group) is 1. The topological polar surface area (TPSA) is 44.1 Å². The van der Waals surface area contributed by atoms with Crippen LogP contribution in [0, 0.1) is 11.3 Å². The zero-order valence-electron chi connectivity index (χ0n) is 12.6. The predicted octanol–water partition coefficient (Wildman–Crippen LogP) is 3.73. The minimum absolute atomic E-state index is 0.0580. The second-order valence-corrected chi connectivity index (χ2v) is 4.85. The van der Waals surface area contributed by atoms with E-state index in [0.29, 0.717) is 24.2 Å². The van der Waals surface area contributed by atoms with E-state index in [-0.39, 0.29) is 5.91 Å². The summed E-state index contributed by atoms with van der Waals surface area (Å²) in [6.45, 7) is 3.11. The monoisotopic (exact) mass is 290 g/mol. The predicted molar refractivity (Wildman–Crippen MR) is 88.2 cm³/mol. The number of carbonyl (C=O) groups is 1. The largest absolute Gasteiger partial charge is 0.335 e. The summed E-state index contributed by atoms with van der Waals surface area (Å²) in [7, 11) is 0. The Kier molecular flexibility index (Phi) is 5.50. The second-order valence-electron chi connectivity index (χ2n) is 4.85. The lowest BCUT2D eigenvalue weighted by Crippen LogP contribution is -2.30. The van der Waals surface area contributed by atoms with Crippen LogP contribution >= 0.6 is 0 Å². The van der Waals surface area contributed by atoms with Gasteiger partial charge in [-0.15, -0.1) is 0 Å². The van der Waals surface area contributed by atoms with Crippen LogP contribution in [0.1, 0.15) is 28.4 Å². The summed E-state index contributed by atoms with van der Waals surface area (Å²) in [5, 5.41) is 8.92. The lowest BCUT2D eigenvalue weighted by molar-refractivity contribution is 0.0782. The van der Waals surface area contributed by atoms with Crippen LogP contribution in [-0.4, -0.2) is 23.9 Å². The molecule has 0 radical (unpaired) electrons. The second kappa shape index (κ2) is 7.80. The van der Waals surface area contributed by atoms with E-state index in [1.807, 2.05) is 49.4 Å². The molecule has 0 N–H and O–H groups in total. The van der Waals surface area contributed by atoms with Crippen LogP contribution in [0.3, 0.4) is 0 Å². The highest BCUT2D eigenvalue weighted by atomic mass is 16.2. The third-order valence-electron chi connectivity index (χ3n) is 3.34. The smallest absolute Gasteiger partial charge is 0.254 e. The molecule has 22 heavy (non-hydrogen) atoms. The van der Waals surface area contributed by atoms with Gasteiger partial charge >= 0.3 is 0 Å². The highest BCUT2D eigenvalue weighted by Gasteiger charge is 2.13. The molecule has 0 saturated heterocycles. The zero-order chi connectivity index (χ0) is 15.8. The lowest BCUT2D eigenvalue weighted by atomic mass is 10.1. The number of nitriles is 1. The minimum atomic E-state index is -0.0580. The van der Waals surface area contributed by atoms with E-state index in [1.54, 1.807) is 29.2 Å². The molecule has 3 heteroatoms. The molecule has 0 atom stereocenters. The fourth-order valence-electron chi connectivity index (χ4n) is 2.14. The molecule has 0 spiro atoms. The van der Waals surface area contributed by atoms with Gasteiger partial charge in [0.2, 0.25) is 0 Å². The van der Waals surface area contributed by atoms with E-state index in [2.05, 4.69) is 6.07 Å². The first-order valence-corrected chi connectivity index (χ1v) is 7.25. The third-order valence-corrected chi connectivity index (χ3v) is 3.34. The van der Waals surface area contributed by atoms with Gasteiger partial charge in [-0.2, -0.15) is 5.26 Å². The quantitative estimate of drug-likeness (QED) is 0.842. The molecule has 2 rings (SSSR count). The number of hydrogen-bond donors (Lipinski definition) is 0. The van der Waals surface area contributed by atoms with Crippen molar-refractivity contribution in [2.45, 2.75) is 6.92 Å². The lowest BCUT2D eigenvalue weighted by Gasteiger charge is -2.19. The molecule has 3 nitrogen and oxygen atoms in total. The van der Waals surface area contributed by atoms with E-state index in [1.165, 1.54) is 0 Å². The van der Waals surface area contributed by atoms with Gasteiger partial charge in [-0.1, -0.05) is 48.6 Å². The molecule has 0 fully saturated rings. The van der Waals surface area contributed by atoms with E-state index in [9.17, 15) is 4.79 Å². The summed E-state index contributed by atoms with van der Waals surface area (Å²) in [5.74, 6) is -0.0580. The molecule has 1 amide bonds. The summed E-state index contributed by atoms with van der Waals surface area (Å²) >= 11 is 0. The molecule has 0 heterocycles. The number of nitrogens with zero attached hydrogens (tertiary/aromatic N) is 2. The maximum atomic E-state index is 12.5. The first-order valence-electron chi connectivity index (χ1n) is 7.25. The van der Waals surface area contributed by atoms with Crippen molar-refractivity contribution in [2.75, 3.05) is 13.1 Å². The van der Waals surface area contributed by atoms with Crippen LogP contribution in [0.5, 0.6) is 0 Å². The molecule has 0 unspecified atom stereocenters. The van der Waals surface area contributed by atoms with E-state index < -0.39 is 0 Å². The van der Waals surface area contributed by atoms with Gasteiger partial charge < -0.3 is 4.90 Å². The number of carbonyl (C=O) groups excluding carboxylic acids is 1. The molecule has 0 saturated carbocycles. The van der Waals surface area contributed by atoms with Crippen LogP contribution in [0.25, 0.3) is 6.08 Å². The number of hydrogen-bond acceptors (Lipinski definition) is 2. The zero-order valence-corrected chi connectivity index (χ0v) is 12.6. The van der Waals surface area contributed by atoms with Gasteiger partial charge in [-0.3, -0.25) is 4.79 Å². The van der Waals surface area contributed by atoms with Gasteiger partial charge in [-0.25, -0.2) is 0 Å². The first kappa shape index (κ1) is 15.5. The Bertz CT molecular complexity index is 699. The van der Waals surface area contributed by atoms with Gasteiger partial charge in [0, 0.05) is 18.7 Å². The molecule has 0 aliphatic heterocycles. The van der Waals surface area contributed by atoms with E-state index >= 15 is 0 Å². The molecule has 0 aliphatic rings. The molecule has 2 aromatic rings.